The highest BCUT2D eigenvalue weighted by atomic mass is 16.5. The van der Waals surface area contributed by atoms with Gasteiger partial charge in [0.1, 0.15) is 0 Å². The van der Waals surface area contributed by atoms with E-state index in [1.165, 1.54) is 0 Å². The summed E-state index contributed by atoms with van der Waals surface area (Å²) >= 11 is 0. The average molecular weight is 270 g/mol. The Balaban J connectivity index is 2.55. The average Bonchev–Trinajstić information content (AvgIpc) is 2.36. The highest BCUT2D eigenvalue weighted by Gasteiger charge is 2.28. The Morgan fingerprint density at radius 1 is 1.32 bits per heavy atom. The van der Waals surface area contributed by atoms with Crippen molar-refractivity contribution in [3.05, 3.63) is 0 Å². The van der Waals surface area contributed by atoms with Crippen LogP contribution in [-0.2, 0) is 9.53 Å². The van der Waals surface area contributed by atoms with Crippen LogP contribution in [0.2, 0.25) is 0 Å². The van der Waals surface area contributed by atoms with E-state index in [4.69, 9.17) is 4.74 Å². The summed E-state index contributed by atoms with van der Waals surface area (Å²) in [5, 5.41) is 6.29. The first kappa shape index (κ1) is 16.4. The van der Waals surface area contributed by atoms with Gasteiger partial charge in [0.05, 0.1) is 12.1 Å². The van der Waals surface area contributed by atoms with Gasteiger partial charge in [-0.25, -0.2) is 0 Å². The summed E-state index contributed by atoms with van der Waals surface area (Å²) in [6, 6.07) is 0.308. The summed E-state index contributed by atoms with van der Waals surface area (Å²) in [5.41, 5.74) is 0. The summed E-state index contributed by atoms with van der Waals surface area (Å²) in [5.74, 6) is 1.14. The number of hydrogen-bond donors (Lipinski definition) is 2. The SMILES string of the molecule is CNC(=O)C(CC(C)C)NC1CCOC(C(C)C)C1. The maximum atomic E-state index is 11.9. The lowest BCUT2D eigenvalue weighted by Crippen LogP contribution is -2.51. The van der Waals surface area contributed by atoms with Gasteiger partial charge in [0, 0.05) is 19.7 Å². The van der Waals surface area contributed by atoms with Crippen molar-refractivity contribution in [3.63, 3.8) is 0 Å². The molecule has 19 heavy (non-hydrogen) atoms. The predicted molar refractivity (Wildman–Crippen MR) is 78.0 cm³/mol. The molecular formula is C15H30N2O2. The molecule has 0 aromatic carbocycles. The lowest BCUT2D eigenvalue weighted by Gasteiger charge is -2.34. The summed E-state index contributed by atoms with van der Waals surface area (Å²) < 4.78 is 5.78. The van der Waals surface area contributed by atoms with Crippen LogP contribution in [0.25, 0.3) is 0 Å². The molecule has 1 aliphatic heterocycles. The third-order valence-corrected chi connectivity index (χ3v) is 3.77. The first-order valence-corrected chi connectivity index (χ1v) is 7.53. The van der Waals surface area contributed by atoms with E-state index in [1.807, 2.05) is 0 Å². The minimum atomic E-state index is -0.0825. The highest BCUT2D eigenvalue weighted by Crippen LogP contribution is 2.21. The lowest BCUT2D eigenvalue weighted by molar-refractivity contribution is -0.123. The molecule has 1 fully saturated rings. The van der Waals surface area contributed by atoms with Gasteiger partial charge < -0.3 is 15.4 Å². The molecule has 0 aliphatic carbocycles. The molecule has 0 aromatic rings. The van der Waals surface area contributed by atoms with E-state index in [0.29, 0.717) is 24.0 Å². The van der Waals surface area contributed by atoms with Crippen molar-refractivity contribution >= 4 is 5.91 Å². The number of nitrogens with one attached hydrogen (secondary N) is 2. The number of carbonyl (C=O) groups is 1. The minimum absolute atomic E-state index is 0.0825. The molecule has 4 heteroatoms. The van der Waals surface area contributed by atoms with Crippen LogP contribution in [-0.4, -0.2) is 37.7 Å². The van der Waals surface area contributed by atoms with Gasteiger partial charge in [-0.3, -0.25) is 4.79 Å². The fraction of sp³-hybridized carbons (Fsp3) is 0.933. The van der Waals surface area contributed by atoms with E-state index in [-0.39, 0.29) is 11.9 Å². The van der Waals surface area contributed by atoms with Crippen molar-refractivity contribution in [2.75, 3.05) is 13.7 Å². The van der Waals surface area contributed by atoms with E-state index < -0.39 is 0 Å². The second-order valence-electron chi connectivity index (χ2n) is 6.34. The van der Waals surface area contributed by atoms with Crippen molar-refractivity contribution in [1.29, 1.82) is 0 Å². The zero-order chi connectivity index (χ0) is 14.4. The van der Waals surface area contributed by atoms with E-state index in [1.54, 1.807) is 7.05 Å². The van der Waals surface area contributed by atoms with Gasteiger partial charge in [0.15, 0.2) is 0 Å². The van der Waals surface area contributed by atoms with Crippen LogP contribution in [0, 0.1) is 11.8 Å². The van der Waals surface area contributed by atoms with E-state index in [2.05, 4.69) is 38.3 Å². The fourth-order valence-electron chi connectivity index (χ4n) is 2.62. The molecule has 0 saturated carbocycles. The van der Waals surface area contributed by atoms with Gasteiger partial charge in [-0.1, -0.05) is 27.7 Å². The van der Waals surface area contributed by atoms with E-state index in [9.17, 15) is 4.79 Å². The first-order chi connectivity index (χ1) is 8.93. The number of hydrogen-bond acceptors (Lipinski definition) is 3. The molecule has 0 radical (unpaired) electrons. The van der Waals surface area contributed by atoms with Crippen LogP contribution in [0.15, 0.2) is 0 Å². The zero-order valence-corrected chi connectivity index (χ0v) is 13.0. The summed E-state index contributed by atoms with van der Waals surface area (Å²) in [6.45, 7) is 9.48. The molecular weight excluding hydrogens is 240 g/mol. The maximum absolute atomic E-state index is 11.9. The lowest BCUT2D eigenvalue weighted by atomic mass is 9.93. The van der Waals surface area contributed by atoms with Gasteiger partial charge >= 0.3 is 0 Å². The van der Waals surface area contributed by atoms with Crippen LogP contribution in [0.3, 0.4) is 0 Å². The number of ether oxygens (including phenoxy) is 1. The molecule has 1 aliphatic rings. The number of amides is 1. The zero-order valence-electron chi connectivity index (χ0n) is 13.0. The van der Waals surface area contributed by atoms with Crippen molar-refractivity contribution in [2.24, 2.45) is 11.8 Å². The Kier molecular flexibility index (Phi) is 6.80. The maximum Gasteiger partial charge on any atom is 0.236 e. The number of carbonyl (C=O) groups excluding carboxylic acids is 1. The molecule has 0 aromatic heterocycles. The molecule has 2 N–H and O–H groups in total. The van der Waals surface area contributed by atoms with Gasteiger partial charge in [0.2, 0.25) is 5.91 Å². The van der Waals surface area contributed by atoms with Gasteiger partial charge in [-0.15, -0.1) is 0 Å². The van der Waals surface area contributed by atoms with Gasteiger partial charge in [0.25, 0.3) is 0 Å². The normalized spacial score (nSPS) is 25.6. The second kappa shape index (κ2) is 7.85. The van der Waals surface area contributed by atoms with E-state index in [0.717, 1.165) is 25.9 Å². The molecule has 4 nitrogen and oxygen atoms in total. The van der Waals surface area contributed by atoms with Gasteiger partial charge in [-0.05, 0) is 31.1 Å². The molecule has 0 spiro atoms. The standard InChI is InChI=1S/C15H30N2O2/c1-10(2)8-13(15(18)16-5)17-12-6-7-19-14(9-12)11(3)4/h10-14,17H,6-9H2,1-5H3,(H,16,18). The van der Waals surface area contributed by atoms with Crippen molar-refractivity contribution < 1.29 is 9.53 Å². The summed E-state index contributed by atoms with van der Waals surface area (Å²) in [6.07, 6.45) is 3.19. The third-order valence-electron chi connectivity index (χ3n) is 3.77. The monoisotopic (exact) mass is 270 g/mol. The minimum Gasteiger partial charge on any atom is -0.378 e. The Morgan fingerprint density at radius 3 is 2.53 bits per heavy atom. The topological polar surface area (TPSA) is 50.4 Å². The molecule has 1 amide bonds. The number of rotatable bonds is 6. The number of likely N-dealkylation sites (N-methyl/N-ethyl adjacent to an activating group) is 1. The summed E-state index contributed by atoms with van der Waals surface area (Å²) in [4.78, 5) is 11.9. The van der Waals surface area contributed by atoms with Crippen molar-refractivity contribution in [1.82, 2.24) is 10.6 Å². The Bertz CT molecular complexity index is 279. The Hall–Kier alpha value is -0.610. The first-order valence-electron chi connectivity index (χ1n) is 7.53. The largest absolute Gasteiger partial charge is 0.378 e. The quantitative estimate of drug-likeness (QED) is 0.775. The van der Waals surface area contributed by atoms with Crippen molar-refractivity contribution in [2.45, 2.75) is 65.1 Å². The van der Waals surface area contributed by atoms with Crippen LogP contribution in [0.5, 0.6) is 0 Å². The fourth-order valence-corrected chi connectivity index (χ4v) is 2.62. The third kappa shape index (κ3) is 5.49. The molecule has 1 rings (SSSR count). The van der Waals surface area contributed by atoms with Crippen LogP contribution >= 0.6 is 0 Å². The van der Waals surface area contributed by atoms with Crippen LogP contribution < -0.4 is 10.6 Å². The Morgan fingerprint density at radius 2 is 2.00 bits per heavy atom. The highest BCUT2D eigenvalue weighted by molar-refractivity contribution is 5.81. The molecule has 1 heterocycles. The second-order valence-corrected chi connectivity index (χ2v) is 6.34. The molecule has 112 valence electrons. The Labute approximate surface area is 117 Å². The predicted octanol–water partition coefficient (Wildman–Crippen LogP) is 1.94. The van der Waals surface area contributed by atoms with Crippen LogP contribution in [0.4, 0.5) is 0 Å². The van der Waals surface area contributed by atoms with Gasteiger partial charge in [-0.2, -0.15) is 0 Å². The van der Waals surface area contributed by atoms with Crippen molar-refractivity contribution in [3.8, 4) is 0 Å². The van der Waals surface area contributed by atoms with Crippen LogP contribution in [0.1, 0.15) is 47.0 Å². The van der Waals surface area contributed by atoms with E-state index >= 15 is 0 Å². The molecule has 1 saturated heterocycles. The smallest absolute Gasteiger partial charge is 0.236 e. The summed E-state index contributed by atoms with van der Waals surface area (Å²) in [7, 11) is 1.71. The molecule has 3 atom stereocenters. The molecule has 3 unspecified atom stereocenters. The molecule has 0 bridgehead atoms.